The van der Waals surface area contributed by atoms with Gasteiger partial charge in [-0.2, -0.15) is 0 Å². The van der Waals surface area contributed by atoms with E-state index in [9.17, 15) is 0 Å². The number of methoxy groups -OCH3 is 1. The van der Waals surface area contributed by atoms with E-state index in [-0.39, 0.29) is 0 Å². The Morgan fingerprint density at radius 3 is 2.15 bits per heavy atom. The van der Waals surface area contributed by atoms with Gasteiger partial charge in [0.05, 0.1) is 12.8 Å². The zero-order chi connectivity index (χ0) is 14.1. The minimum atomic E-state index is 0.865. The second kappa shape index (κ2) is 4.97. The van der Waals surface area contributed by atoms with Crippen LogP contribution < -0.4 is 4.74 Å². The molecular formula is C18H17NO. The van der Waals surface area contributed by atoms with Crippen molar-refractivity contribution in [3.63, 3.8) is 0 Å². The van der Waals surface area contributed by atoms with Crippen LogP contribution in [0.3, 0.4) is 0 Å². The normalized spacial score (nSPS) is 10.8. The second-order valence-electron chi connectivity index (χ2n) is 4.94. The molecule has 0 aliphatic rings. The first-order valence-electron chi connectivity index (χ1n) is 6.71. The van der Waals surface area contributed by atoms with Crippen LogP contribution in [-0.4, -0.2) is 12.1 Å². The maximum atomic E-state index is 5.21. The van der Waals surface area contributed by atoms with Gasteiger partial charge in [0.15, 0.2) is 0 Å². The third-order valence-electron chi connectivity index (χ3n) is 3.72. The first-order chi connectivity index (χ1) is 9.70. The molecule has 0 atom stereocenters. The number of aromatic nitrogens is 1. The topological polar surface area (TPSA) is 22.1 Å². The summed E-state index contributed by atoms with van der Waals surface area (Å²) in [5.41, 5.74) is 4.45. The van der Waals surface area contributed by atoms with Crippen LogP contribution in [0.25, 0.3) is 22.0 Å². The smallest absolute Gasteiger partial charge is 0.118 e. The number of fused-ring (bicyclic) bond motifs is 1. The van der Waals surface area contributed by atoms with E-state index in [4.69, 9.17) is 9.72 Å². The van der Waals surface area contributed by atoms with Gasteiger partial charge in [0.1, 0.15) is 5.75 Å². The van der Waals surface area contributed by atoms with Gasteiger partial charge in [-0.25, -0.2) is 0 Å². The molecule has 100 valence electrons. The van der Waals surface area contributed by atoms with Crippen molar-refractivity contribution in [1.29, 1.82) is 0 Å². The summed E-state index contributed by atoms with van der Waals surface area (Å²) in [5, 5.41) is 2.49. The Morgan fingerprint density at radius 2 is 1.50 bits per heavy atom. The Morgan fingerprint density at radius 1 is 0.850 bits per heavy atom. The van der Waals surface area contributed by atoms with Gasteiger partial charge in [0.25, 0.3) is 0 Å². The first kappa shape index (κ1) is 12.7. The number of hydrogen-bond acceptors (Lipinski definition) is 2. The average Bonchev–Trinajstić information content (AvgIpc) is 2.51. The maximum Gasteiger partial charge on any atom is 0.118 e. The minimum absolute atomic E-state index is 0.865. The van der Waals surface area contributed by atoms with Crippen LogP contribution in [0, 0.1) is 13.8 Å². The fourth-order valence-corrected chi connectivity index (χ4v) is 2.59. The van der Waals surface area contributed by atoms with Crippen LogP contribution in [0.15, 0.2) is 48.5 Å². The number of pyridine rings is 1. The third-order valence-corrected chi connectivity index (χ3v) is 3.72. The van der Waals surface area contributed by atoms with E-state index in [1.165, 1.54) is 16.3 Å². The van der Waals surface area contributed by atoms with Gasteiger partial charge in [-0.3, -0.25) is 4.98 Å². The Hall–Kier alpha value is -2.35. The zero-order valence-electron chi connectivity index (χ0n) is 12.0. The van der Waals surface area contributed by atoms with Gasteiger partial charge in [-0.05, 0) is 49.1 Å². The SMILES string of the molecule is COc1ccc(-c2nc(C)c3ccccc3c2C)cc1. The fourth-order valence-electron chi connectivity index (χ4n) is 2.59. The molecule has 20 heavy (non-hydrogen) atoms. The predicted molar refractivity (Wildman–Crippen MR) is 83.2 cm³/mol. The van der Waals surface area contributed by atoms with Crippen molar-refractivity contribution < 1.29 is 4.74 Å². The summed E-state index contributed by atoms with van der Waals surface area (Å²) < 4.78 is 5.21. The molecule has 0 aliphatic carbocycles. The number of nitrogens with zero attached hydrogens (tertiary/aromatic N) is 1. The van der Waals surface area contributed by atoms with E-state index in [0.717, 1.165) is 22.7 Å². The van der Waals surface area contributed by atoms with Gasteiger partial charge < -0.3 is 4.74 Å². The fraction of sp³-hybridized carbons (Fsp3) is 0.167. The molecule has 3 rings (SSSR count). The van der Waals surface area contributed by atoms with Crippen LogP contribution in [0.1, 0.15) is 11.3 Å². The van der Waals surface area contributed by atoms with Crippen molar-refractivity contribution in [1.82, 2.24) is 4.98 Å². The van der Waals surface area contributed by atoms with E-state index in [0.29, 0.717) is 0 Å². The molecule has 0 aliphatic heterocycles. The monoisotopic (exact) mass is 263 g/mol. The molecule has 0 radical (unpaired) electrons. The molecule has 0 unspecified atom stereocenters. The van der Waals surface area contributed by atoms with Gasteiger partial charge in [0.2, 0.25) is 0 Å². The summed E-state index contributed by atoms with van der Waals surface area (Å²) in [7, 11) is 1.68. The largest absolute Gasteiger partial charge is 0.497 e. The first-order valence-corrected chi connectivity index (χ1v) is 6.71. The second-order valence-corrected chi connectivity index (χ2v) is 4.94. The number of benzene rings is 2. The van der Waals surface area contributed by atoms with E-state index in [1.807, 2.05) is 12.1 Å². The highest BCUT2D eigenvalue weighted by atomic mass is 16.5. The highest BCUT2D eigenvalue weighted by Crippen LogP contribution is 2.30. The molecule has 0 N–H and O–H groups in total. The molecule has 3 aromatic rings. The third kappa shape index (κ3) is 2.03. The Labute approximate surface area is 119 Å². The highest BCUT2D eigenvalue weighted by molar-refractivity contribution is 5.91. The van der Waals surface area contributed by atoms with Gasteiger partial charge in [-0.1, -0.05) is 24.3 Å². The molecule has 1 heterocycles. The molecular weight excluding hydrogens is 246 g/mol. The Kier molecular flexibility index (Phi) is 3.15. The van der Waals surface area contributed by atoms with E-state index >= 15 is 0 Å². The van der Waals surface area contributed by atoms with E-state index < -0.39 is 0 Å². The summed E-state index contributed by atoms with van der Waals surface area (Å²) in [6.07, 6.45) is 0. The Bertz CT molecular complexity index is 760. The summed E-state index contributed by atoms with van der Waals surface area (Å²) in [6, 6.07) is 16.5. The van der Waals surface area contributed by atoms with E-state index in [1.54, 1.807) is 7.11 Å². The molecule has 0 spiro atoms. The highest BCUT2D eigenvalue weighted by Gasteiger charge is 2.10. The predicted octanol–water partition coefficient (Wildman–Crippen LogP) is 4.53. The van der Waals surface area contributed by atoms with Crippen LogP contribution in [0.5, 0.6) is 5.75 Å². The summed E-state index contributed by atoms with van der Waals surface area (Å²) in [4.78, 5) is 4.79. The standard InChI is InChI=1S/C18H17NO/c1-12-16-6-4-5-7-17(16)13(2)19-18(12)14-8-10-15(20-3)11-9-14/h4-11H,1-3H3. The molecule has 0 saturated carbocycles. The molecule has 0 amide bonds. The van der Waals surface area contributed by atoms with E-state index in [2.05, 4.69) is 50.2 Å². The lowest BCUT2D eigenvalue weighted by Gasteiger charge is -2.12. The number of rotatable bonds is 2. The van der Waals surface area contributed by atoms with Crippen molar-refractivity contribution in [2.75, 3.05) is 7.11 Å². The number of ether oxygens (including phenoxy) is 1. The number of aryl methyl sites for hydroxylation is 2. The number of hydrogen-bond donors (Lipinski definition) is 0. The lowest BCUT2D eigenvalue weighted by molar-refractivity contribution is 0.415. The zero-order valence-corrected chi connectivity index (χ0v) is 12.0. The molecule has 0 saturated heterocycles. The molecule has 2 heteroatoms. The van der Waals surface area contributed by atoms with Crippen molar-refractivity contribution >= 4 is 10.8 Å². The molecule has 0 fully saturated rings. The average molecular weight is 263 g/mol. The summed E-state index contributed by atoms with van der Waals surface area (Å²) in [6.45, 7) is 4.20. The lowest BCUT2D eigenvalue weighted by Crippen LogP contribution is -1.94. The Balaban J connectivity index is 2.22. The van der Waals surface area contributed by atoms with Crippen LogP contribution in [0.4, 0.5) is 0 Å². The molecule has 1 aromatic heterocycles. The molecule has 2 nitrogen and oxygen atoms in total. The minimum Gasteiger partial charge on any atom is -0.497 e. The van der Waals surface area contributed by atoms with Gasteiger partial charge >= 0.3 is 0 Å². The molecule has 2 aromatic carbocycles. The van der Waals surface area contributed by atoms with Crippen LogP contribution in [-0.2, 0) is 0 Å². The quantitative estimate of drug-likeness (QED) is 0.677. The lowest BCUT2D eigenvalue weighted by atomic mass is 9.99. The van der Waals surface area contributed by atoms with Crippen LogP contribution >= 0.6 is 0 Å². The summed E-state index contributed by atoms with van der Waals surface area (Å²) in [5.74, 6) is 0.865. The van der Waals surface area contributed by atoms with Gasteiger partial charge in [0, 0.05) is 16.6 Å². The van der Waals surface area contributed by atoms with Crippen molar-refractivity contribution in [2.24, 2.45) is 0 Å². The summed E-state index contributed by atoms with van der Waals surface area (Å²) >= 11 is 0. The molecule has 0 bridgehead atoms. The van der Waals surface area contributed by atoms with Gasteiger partial charge in [-0.15, -0.1) is 0 Å². The van der Waals surface area contributed by atoms with Crippen molar-refractivity contribution in [3.8, 4) is 17.0 Å². The van der Waals surface area contributed by atoms with Crippen LogP contribution in [0.2, 0.25) is 0 Å². The maximum absolute atomic E-state index is 5.21. The van der Waals surface area contributed by atoms with Crippen molar-refractivity contribution in [2.45, 2.75) is 13.8 Å². The van der Waals surface area contributed by atoms with Crippen molar-refractivity contribution in [3.05, 3.63) is 59.8 Å².